The van der Waals surface area contributed by atoms with Crippen LogP contribution in [0.5, 0.6) is 0 Å². The Hall–Kier alpha value is -0.480. The molecule has 1 unspecified atom stereocenters. The molecule has 0 aliphatic carbocycles. The number of alkyl halides is 1. The molecule has 0 bridgehead atoms. The molecule has 0 saturated heterocycles. The van der Waals surface area contributed by atoms with E-state index in [1.807, 2.05) is 6.92 Å². The summed E-state index contributed by atoms with van der Waals surface area (Å²) in [5.41, 5.74) is -0.0427. The first-order valence-corrected chi connectivity index (χ1v) is 5.81. The minimum atomic E-state index is -0.0427. The Morgan fingerprint density at radius 1 is 1.71 bits per heavy atom. The topological polar surface area (TPSA) is 34.9 Å². The summed E-state index contributed by atoms with van der Waals surface area (Å²) in [5.74, 6) is 0.612. The molecule has 3 nitrogen and oxygen atoms in total. The van der Waals surface area contributed by atoms with Gasteiger partial charge in [-0.2, -0.15) is 0 Å². The summed E-state index contributed by atoms with van der Waals surface area (Å²) in [6.07, 6.45) is 4.17. The number of aryl methyl sites for hydroxylation is 1. The fourth-order valence-corrected chi connectivity index (χ4v) is 2.40. The number of hydrogen-bond acceptors (Lipinski definition) is 3. The lowest BCUT2D eigenvalue weighted by molar-refractivity contribution is 0.790. The molecule has 0 aliphatic rings. The number of aromatic nitrogens is 2. The molecule has 78 valence electrons. The van der Waals surface area contributed by atoms with Crippen molar-refractivity contribution in [3.63, 3.8) is 0 Å². The van der Waals surface area contributed by atoms with E-state index >= 15 is 0 Å². The Bertz CT molecular complexity index is 353. The molecular formula is C9H13ClN2OS. The van der Waals surface area contributed by atoms with Gasteiger partial charge in [-0.15, -0.1) is 11.6 Å². The largest absolute Gasteiger partial charge is 0.315 e. The normalized spacial score (nSPS) is 12.8. The van der Waals surface area contributed by atoms with Crippen LogP contribution in [-0.2, 0) is 7.05 Å². The van der Waals surface area contributed by atoms with Gasteiger partial charge in [0, 0.05) is 30.6 Å². The summed E-state index contributed by atoms with van der Waals surface area (Å²) in [4.78, 5) is 15.6. The fourth-order valence-electron chi connectivity index (χ4n) is 0.959. The summed E-state index contributed by atoms with van der Waals surface area (Å²) in [6, 6.07) is 0. The minimum Gasteiger partial charge on any atom is -0.315 e. The van der Waals surface area contributed by atoms with Gasteiger partial charge >= 0.3 is 0 Å². The van der Waals surface area contributed by atoms with Crippen molar-refractivity contribution in [2.24, 2.45) is 7.05 Å². The standard InChI is InChI=1S/C9H13ClN2OS/c1-7(3-4-10)14-8-9(13)12(2)6-5-11-8/h5-7H,3-4H2,1-2H3. The predicted molar refractivity (Wildman–Crippen MR) is 60.1 cm³/mol. The second kappa shape index (κ2) is 5.41. The van der Waals surface area contributed by atoms with Crippen LogP contribution in [0.2, 0.25) is 0 Å². The number of rotatable bonds is 4. The molecule has 14 heavy (non-hydrogen) atoms. The molecule has 1 aromatic heterocycles. The molecule has 0 amide bonds. The molecule has 0 fully saturated rings. The average molecular weight is 233 g/mol. The number of nitrogens with zero attached hydrogens (tertiary/aromatic N) is 2. The van der Waals surface area contributed by atoms with Gasteiger partial charge in [-0.3, -0.25) is 4.79 Å². The van der Waals surface area contributed by atoms with Crippen molar-refractivity contribution in [3.05, 3.63) is 22.7 Å². The Kier molecular flexibility index (Phi) is 4.48. The molecule has 0 spiro atoms. The highest BCUT2D eigenvalue weighted by Gasteiger charge is 2.08. The molecule has 1 heterocycles. The van der Waals surface area contributed by atoms with Gasteiger partial charge in [0.2, 0.25) is 0 Å². The highest BCUT2D eigenvalue weighted by atomic mass is 35.5. The van der Waals surface area contributed by atoms with Gasteiger partial charge in [-0.25, -0.2) is 4.98 Å². The third kappa shape index (κ3) is 3.03. The van der Waals surface area contributed by atoms with Gasteiger partial charge in [0.25, 0.3) is 5.56 Å². The van der Waals surface area contributed by atoms with Crippen LogP contribution in [-0.4, -0.2) is 20.7 Å². The number of hydrogen-bond donors (Lipinski definition) is 0. The van der Waals surface area contributed by atoms with Crippen molar-refractivity contribution in [3.8, 4) is 0 Å². The summed E-state index contributed by atoms with van der Waals surface area (Å²) in [6.45, 7) is 2.04. The quantitative estimate of drug-likeness (QED) is 0.588. The van der Waals surface area contributed by atoms with Gasteiger partial charge in [-0.1, -0.05) is 18.7 Å². The van der Waals surface area contributed by atoms with Crippen molar-refractivity contribution < 1.29 is 0 Å². The summed E-state index contributed by atoms with van der Waals surface area (Å²) >= 11 is 7.10. The maximum atomic E-state index is 11.6. The zero-order valence-electron chi connectivity index (χ0n) is 8.24. The molecule has 0 radical (unpaired) electrons. The second-order valence-corrected chi connectivity index (χ2v) is 4.86. The van der Waals surface area contributed by atoms with Crippen LogP contribution in [0.1, 0.15) is 13.3 Å². The van der Waals surface area contributed by atoms with E-state index in [0.29, 0.717) is 16.2 Å². The van der Waals surface area contributed by atoms with Crippen molar-refractivity contribution >= 4 is 23.4 Å². The highest BCUT2D eigenvalue weighted by molar-refractivity contribution is 7.99. The third-order valence-corrected chi connectivity index (χ3v) is 3.17. The summed E-state index contributed by atoms with van der Waals surface area (Å²) < 4.78 is 1.53. The van der Waals surface area contributed by atoms with E-state index < -0.39 is 0 Å². The maximum absolute atomic E-state index is 11.6. The Morgan fingerprint density at radius 3 is 3.07 bits per heavy atom. The van der Waals surface area contributed by atoms with Crippen molar-refractivity contribution in [1.29, 1.82) is 0 Å². The lowest BCUT2D eigenvalue weighted by atomic mass is 10.4. The molecule has 1 aromatic rings. The van der Waals surface area contributed by atoms with E-state index in [-0.39, 0.29) is 5.56 Å². The first-order chi connectivity index (χ1) is 6.65. The molecule has 0 aromatic carbocycles. The van der Waals surface area contributed by atoms with Gasteiger partial charge in [-0.05, 0) is 6.42 Å². The third-order valence-electron chi connectivity index (χ3n) is 1.81. The zero-order chi connectivity index (χ0) is 10.6. The highest BCUT2D eigenvalue weighted by Crippen LogP contribution is 2.20. The predicted octanol–water partition coefficient (Wildman–Crippen LogP) is 1.89. The SMILES string of the molecule is CC(CCCl)Sc1nccn(C)c1=O. The molecule has 0 saturated carbocycles. The summed E-state index contributed by atoms with van der Waals surface area (Å²) in [5, 5.41) is 0.878. The first kappa shape index (κ1) is 11.6. The van der Waals surface area contributed by atoms with E-state index in [0.717, 1.165) is 6.42 Å². The van der Waals surface area contributed by atoms with Crippen molar-refractivity contribution in [2.45, 2.75) is 23.6 Å². The van der Waals surface area contributed by atoms with Crippen LogP contribution < -0.4 is 5.56 Å². The van der Waals surface area contributed by atoms with E-state index in [1.54, 1.807) is 19.4 Å². The van der Waals surface area contributed by atoms with Crippen LogP contribution in [0, 0.1) is 0 Å². The van der Waals surface area contributed by atoms with E-state index in [4.69, 9.17) is 11.6 Å². The van der Waals surface area contributed by atoms with Crippen LogP contribution in [0.15, 0.2) is 22.2 Å². The molecule has 0 aliphatic heterocycles. The van der Waals surface area contributed by atoms with Crippen LogP contribution in [0.25, 0.3) is 0 Å². The van der Waals surface area contributed by atoms with E-state index in [1.165, 1.54) is 16.3 Å². The van der Waals surface area contributed by atoms with E-state index in [9.17, 15) is 4.79 Å². The number of thioether (sulfide) groups is 1. The van der Waals surface area contributed by atoms with Crippen LogP contribution in [0.4, 0.5) is 0 Å². The second-order valence-electron chi connectivity index (χ2n) is 3.05. The Balaban J connectivity index is 2.77. The minimum absolute atomic E-state index is 0.0427. The van der Waals surface area contributed by atoms with Gasteiger partial charge < -0.3 is 4.57 Å². The van der Waals surface area contributed by atoms with Gasteiger partial charge in [0.05, 0.1) is 0 Å². The lowest BCUT2D eigenvalue weighted by Crippen LogP contribution is -2.19. The first-order valence-electron chi connectivity index (χ1n) is 4.39. The lowest BCUT2D eigenvalue weighted by Gasteiger charge is -2.07. The number of halogens is 1. The maximum Gasteiger partial charge on any atom is 0.282 e. The molecular weight excluding hydrogens is 220 g/mol. The Morgan fingerprint density at radius 2 is 2.43 bits per heavy atom. The van der Waals surface area contributed by atoms with E-state index in [2.05, 4.69) is 4.98 Å². The monoisotopic (exact) mass is 232 g/mol. The average Bonchev–Trinajstić information content (AvgIpc) is 2.13. The fraction of sp³-hybridized carbons (Fsp3) is 0.556. The molecule has 1 rings (SSSR count). The zero-order valence-corrected chi connectivity index (χ0v) is 9.81. The van der Waals surface area contributed by atoms with Crippen LogP contribution >= 0.6 is 23.4 Å². The smallest absolute Gasteiger partial charge is 0.282 e. The van der Waals surface area contributed by atoms with Crippen molar-refractivity contribution in [1.82, 2.24) is 9.55 Å². The molecule has 1 atom stereocenters. The van der Waals surface area contributed by atoms with Crippen LogP contribution in [0.3, 0.4) is 0 Å². The molecule has 0 N–H and O–H groups in total. The van der Waals surface area contributed by atoms with Gasteiger partial charge in [0.1, 0.15) is 0 Å². The van der Waals surface area contributed by atoms with Crippen molar-refractivity contribution in [2.75, 3.05) is 5.88 Å². The molecule has 5 heteroatoms. The van der Waals surface area contributed by atoms with Gasteiger partial charge in [0.15, 0.2) is 5.03 Å². The summed E-state index contributed by atoms with van der Waals surface area (Å²) in [7, 11) is 1.72. The Labute approximate surface area is 92.5 Å².